The number of benzene rings is 1. The summed E-state index contributed by atoms with van der Waals surface area (Å²) in [5, 5.41) is 7.90. The van der Waals surface area contributed by atoms with Gasteiger partial charge in [-0.25, -0.2) is 17.5 Å². The zero-order valence-corrected chi connectivity index (χ0v) is 25.6. The number of nitrogens with zero attached hydrogens (tertiary/aromatic N) is 6. The molecule has 0 N–H and O–H groups in total. The van der Waals surface area contributed by atoms with E-state index in [1.165, 1.54) is 30.1 Å². The van der Waals surface area contributed by atoms with Crippen LogP contribution in [0.4, 0.5) is 17.6 Å². The summed E-state index contributed by atoms with van der Waals surface area (Å²) in [6.07, 6.45) is 3.81. The van der Waals surface area contributed by atoms with E-state index in [-0.39, 0.29) is 37.2 Å². The first-order valence-electron chi connectivity index (χ1n) is 15.0. The van der Waals surface area contributed by atoms with Crippen molar-refractivity contribution in [2.24, 2.45) is 12.5 Å². The molecule has 0 bridgehead atoms. The third-order valence-corrected chi connectivity index (χ3v) is 11.0. The maximum atomic E-state index is 14.6. The fourth-order valence-corrected chi connectivity index (χ4v) is 8.39. The molecule has 7 rings (SSSR count). The van der Waals surface area contributed by atoms with Gasteiger partial charge in [0, 0.05) is 25.5 Å². The summed E-state index contributed by atoms with van der Waals surface area (Å²) < 4.78 is 86.4. The normalized spacial score (nSPS) is 21.5. The highest BCUT2D eigenvalue weighted by molar-refractivity contribution is 7.89. The van der Waals surface area contributed by atoms with E-state index in [1.807, 2.05) is 12.1 Å². The molecule has 1 aromatic carbocycles. The van der Waals surface area contributed by atoms with Crippen LogP contribution in [0.5, 0.6) is 0 Å². The number of hydrogen-bond donors (Lipinski definition) is 0. The third-order valence-electron chi connectivity index (χ3n) is 9.21. The number of hydrogen-bond acceptors (Lipinski definition) is 6. The zero-order valence-electron chi connectivity index (χ0n) is 24.8. The Kier molecular flexibility index (Phi) is 7.27. The number of Topliss-reactive ketones (excluding diaryl/α,β-unsaturated/α-hetero) is 1. The molecule has 0 saturated heterocycles. The van der Waals surface area contributed by atoms with Crippen molar-refractivity contribution in [3.63, 3.8) is 0 Å². The smallest absolute Gasteiger partial charge is 0.291 e. The van der Waals surface area contributed by atoms with Gasteiger partial charge in [0.05, 0.1) is 23.0 Å². The lowest BCUT2D eigenvalue weighted by atomic mass is 9.60. The lowest BCUT2D eigenvalue weighted by Crippen LogP contribution is -2.52. The van der Waals surface area contributed by atoms with Crippen molar-refractivity contribution in [3.05, 3.63) is 95.0 Å². The molecular formula is C32H30F4N6O3S. The summed E-state index contributed by atoms with van der Waals surface area (Å²) in [4.78, 5) is 19.1. The number of carbonyl (C=O) groups is 1. The molecule has 240 valence electrons. The Hall–Kier alpha value is -4.17. The quantitative estimate of drug-likeness (QED) is 0.180. The Morgan fingerprint density at radius 1 is 1.07 bits per heavy atom. The Bertz CT molecular complexity index is 1950. The van der Waals surface area contributed by atoms with Gasteiger partial charge in [0.2, 0.25) is 0 Å². The highest BCUT2D eigenvalue weighted by atomic mass is 32.2. The second kappa shape index (κ2) is 11.0. The van der Waals surface area contributed by atoms with E-state index in [0.29, 0.717) is 32.7 Å². The van der Waals surface area contributed by atoms with Gasteiger partial charge in [0.25, 0.3) is 10.0 Å². The van der Waals surface area contributed by atoms with Crippen LogP contribution in [0.25, 0.3) is 11.8 Å². The molecule has 0 aliphatic heterocycles. The molecule has 0 unspecified atom stereocenters. The van der Waals surface area contributed by atoms with Gasteiger partial charge < -0.3 is 0 Å². The molecule has 14 heteroatoms. The van der Waals surface area contributed by atoms with Crippen molar-refractivity contribution >= 4 is 21.9 Å². The van der Waals surface area contributed by atoms with E-state index in [4.69, 9.17) is 0 Å². The second-order valence-electron chi connectivity index (χ2n) is 12.3. The summed E-state index contributed by atoms with van der Waals surface area (Å²) in [6, 6.07) is 9.30. The summed E-state index contributed by atoms with van der Waals surface area (Å²) in [7, 11) is -3.21. The van der Waals surface area contributed by atoms with E-state index in [0.717, 1.165) is 24.5 Å². The van der Waals surface area contributed by atoms with E-state index < -0.39 is 45.0 Å². The van der Waals surface area contributed by atoms with E-state index in [2.05, 4.69) is 15.2 Å². The third kappa shape index (κ3) is 5.46. The van der Waals surface area contributed by atoms with Gasteiger partial charge in [-0.3, -0.25) is 14.5 Å². The zero-order chi connectivity index (χ0) is 32.4. The fourth-order valence-electron chi connectivity index (χ4n) is 6.80. The number of alkyl halides is 3. The standard InChI is InChI=1S/C32H30F4N6O3S/c1-40-13-12-29(39-40)46(44,45)41(19-32(34,35)36)26-8-5-23-14-28-22(18-38-42(28)25-9-6-24(33)7-10-25)15-31(23,16-26)30(43)27-11-4-21(17-37-27)20-2-3-20/h4,6-7,9-14,17-18,20,26H,2-3,5,8,15-16,19H2,1H3/t26-,31-/m0/s1. The average molecular weight is 655 g/mol. The number of pyridine rings is 1. The number of allylic oxidation sites excluding steroid dienone is 1. The van der Waals surface area contributed by atoms with Crippen LogP contribution in [-0.4, -0.2) is 61.8 Å². The van der Waals surface area contributed by atoms with E-state index in [1.54, 1.807) is 35.3 Å². The first-order valence-corrected chi connectivity index (χ1v) is 16.4. The highest BCUT2D eigenvalue weighted by Gasteiger charge is 2.53. The van der Waals surface area contributed by atoms with Crippen molar-refractivity contribution < 1.29 is 30.8 Å². The molecule has 4 aromatic rings. The molecule has 2 atom stereocenters. The Morgan fingerprint density at radius 2 is 1.83 bits per heavy atom. The number of carbonyl (C=O) groups excluding carboxylic acids is 1. The minimum Gasteiger partial charge on any atom is -0.291 e. The molecule has 0 spiro atoms. The Morgan fingerprint density at radius 3 is 2.46 bits per heavy atom. The van der Waals surface area contributed by atoms with E-state index in [9.17, 15) is 30.8 Å². The predicted molar refractivity (Wildman–Crippen MR) is 159 cm³/mol. The predicted octanol–water partition coefficient (Wildman–Crippen LogP) is 5.63. The van der Waals surface area contributed by atoms with Crippen LogP contribution in [-0.2, 0) is 23.5 Å². The number of ketones is 1. The van der Waals surface area contributed by atoms with Gasteiger partial charge in [0.1, 0.15) is 18.1 Å². The minimum atomic E-state index is -4.84. The van der Waals surface area contributed by atoms with Crippen LogP contribution in [0.3, 0.4) is 0 Å². The van der Waals surface area contributed by atoms with Crippen molar-refractivity contribution in [3.8, 4) is 5.69 Å². The summed E-state index contributed by atoms with van der Waals surface area (Å²) in [5.41, 5.74) is 2.42. The summed E-state index contributed by atoms with van der Waals surface area (Å²) in [6.45, 7) is -1.72. The molecule has 2 fully saturated rings. The van der Waals surface area contributed by atoms with Crippen molar-refractivity contribution in [1.82, 2.24) is 28.9 Å². The van der Waals surface area contributed by atoms with Crippen LogP contribution >= 0.6 is 0 Å². The maximum Gasteiger partial charge on any atom is 0.402 e. The van der Waals surface area contributed by atoms with Crippen molar-refractivity contribution in [2.75, 3.05) is 6.54 Å². The molecule has 3 aliphatic carbocycles. The molecule has 3 heterocycles. The van der Waals surface area contributed by atoms with Crippen LogP contribution in [0.15, 0.2) is 71.7 Å². The van der Waals surface area contributed by atoms with Gasteiger partial charge in [-0.15, -0.1) is 0 Å². The average Bonchev–Trinajstić information content (AvgIpc) is 3.66. The molecular weight excluding hydrogens is 624 g/mol. The Balaban J connectivity index is 1.32. The topological polar surface area (TPSA) is 103 Å². The summed E-state index contributed by atoms with van der Waals surface area (Å²) in [5.74, 6) is -0.380. The van der Waals surface area contributed by atoms with Gasteiger partial charge in [-0.05, 0) is 98.0 Å². The highest BCUT2D eigenvalue weighted by Crippen LogP contribution is 2.52. The number of sulfonamides is 1. The van der Waals surface area contributed by atoms with Crippen molar-refractivity contribution in [1.29, 1.82) is 0 Å². The van der Waals surface area contributed by atoms with Gasteiger partial charge >= 0.3 is 6.18 Å². The fraction of sp³-hybridized carbons (Fsp3) is 0.375. The molecule has 46 heavy (non-hydrogen) atoms. The molecule has 0 radical (unpaired) electrons. The lowest BCUT2D eigenvalue weighted by Gasteiger charge is -2.46. The molecule has 3 aromatic heterocycles. The molecule has 9 nitrogen and oxygen atoms in total. The lowest BCUT2D eigenvalue weighted by molar-refractivity contribution is -0.140. The molecule has 3 aliphatic rings. The molecule has 2 saturated carbocycles. The number of rotatable bonds is 8. The largest absolute Gasteiger partial charge is 0.402 e. The second-order valence-corrected chi connectivity index (χ2v) is 14.2. The molecule has 0 amide bonds. The van der Waals surface area contributed by atoms with Crippen molar-refractivity contribution in [2.45, 2.75) is 61.7 Å². The first kappa shape index (κ1) is 30.5. The van der Waals surface area contributed by atoms with Crippen LogP contribution < -0.4 is 0 Å². The monoisotopic (exact) mass is 654 g/mol. The number of fused-ring (bicyclic) bond motifs is 2. The number of halogens is 4. The minimum absolute atomic E-state index is 0.0527. The maximum absolute atomic E-state index is 14.6. The van der Waals surface area contributed by atoms with Gasteiger partial charge in [-0.1, -0.05) is 11.6 Å². The van der Waals surface area contributed by atoms with Crippen LogP contribution in [0, 0.1) is 11.2 Å². The number of aromatic nitrogens is 5. The Labute approximate surface area is 262 Å². The van der Waals surface area contributed by atoms with Gasteiger partial charge in [-0.2, -0.15) is 27.7 Å². The SMILES string of the molecule is Cn1ccc(S(=O)(=O)N(CC(F)(F)F)[C@H]2CCC3=Cc4c(cnn4-c4ccc(F)cc4)C[C@]3(C(=O)c3ccc(C4CC4)cn3)C2)n1. The van der Waals surface area contributed by atoms with Crippen LogP contribution in [0.1, 0.15) is 65.3 Å². The summed E-state index contributed by atoms with van der Waals surface area (Å²) >= 11 is 0. The van der Waals surface area contributed by atoms with Gasteiger partial charge in [0.15, 0.2) is 10.8 Å². The first-order chi connectivity index (χ1) is 21.8. The van der Waals surface area contributed by atoms with E-state index >= 15 is 0 Å². The number of aryl methyl sites for hydroxylation is 1. The van der Waals surface area contributed by atoms with Crippen LogP contribution in [0.2, 0.25) is 0 Å².